The van der Waals surface area contributed by atoms with Crippen LogP contribution in [0.3, 0.4) is 0 Å². The molecule has 0 aliphatic carbocycles. The van der Waals surface area contributed by atoms with Crippen molar-refractivity contribution < 1.29 is 14.7 Å². The molecule has 1 N–H and O–H groups in total. The third-order valence-corrected chi connectivity index (χ3v) is 5.69. The molecule has 0 aromatic carbocycles. The first-order valence-corrected chi connectivity index (χ1v) is 8.02. The van der Waals surface area contributed by atoms with Gasteiger partial charge in [-0.2, -0.15) is 0 Å². The molecule has 104 valence electrons. The first-order chi connectivity index (χ1) is 8.91. The Balaban J connectivity index is 2.30. The molecule has 1 saturated heterocycles. The number of carbonyl (C=O) groups excluding carboxylic acids is 1. The summed E-state index contributed by atoms with van der Waals surface area (Å²) in [6.07, 6.45) is 0. The summed E-state index contributed by atoms with van der Waals surface area (Å²) >= 11 is 2.97. The molecule has 2 atom stereocenters. The van der Waals surface area contributed by atoms with E-state index in [9.17, 15) is 14.7 Å². The number of carboxylic acids is 1. The van der Waals surface area contributed by atoms with E-state index in [1.54, 1.807) is 22.7 Å². The fourth-order valence-electron chi connectivity index (χ4n) is 2.17. The van der Waals surface area contributed by atoms with E-state index < -0.39 is 12.0 Å². The van der Waals surface area contributed by atoms with Crippen LogP contribution in [-0.2, 0) is 4.79 Å². The SMILES string of the molecule is Cc1ccc(C(=O)N2C(C(=O)O)CSC2C(C)C)s1. The molecule has 1 aliphatic rings. The standard InChI is InChI=1S/C13H17NO3S2/c1-7(2)12-14(9(6-18-12)13(16)17)11(15)10-5-4-8(3)19-10/h4-5,7,9,12H,6H2,1-3H3,(H,16,17). The monoisotopic (exact) mass is 299 g/mol. The molecule has 2 heterocycles. The quantitative estimate of drug-likeness (QED) is 0.932. The van der Waals surface area contributed by atoms with Crippen LogP contribution in [0.1, 0.15) is 28.4 Å². The molecule has 19 heavy (non-hydrogen) atoms. The molecule has 1 fully saturated rings. The Bertz CT molecular complexity index is 498. The molecule has 1 amide bonds. The van der Waals surface area contributed by atoms with Crippen molar-refractivity contribution in [2.75, 3.05) is 5.75 Å². The van der Waals surface area contributed by atoms with Crippen molar-refractivity contribution >= 4 is 35.0 Å². The summed E-state index contributed by atoms with van der Waals surface area (Å²) in [6, 6.07) is 2.95. The molecular formula is C13H17NO3S2. The summed E-state index contributed by atoms with van der Waals surface area (Å²) in [6.45, 7) is 5.97. The van der Waals surface area contributed by atoms with Crippen molar-refractivity contribution in [3.63, 3.8) is 0 Å². The minimum Gasteiger partial charge on any atom is -0.480 e. The van der Waals surface area contributed by atoms with Gasteiger partial charge in [-0.15, -0.1) is 23.1 Å². The van der Waals surface area contributed by atoms with E-state index >= 15 is 0 Å². The molecule has 1 aromatic heterocycles. The number of thiophene rings is 1. The topological polar surface area (TPSA) is 57.6 Å². The molecule has 0 saturated carbocycles. The van der Waals surface area contributed by atoms with Crippen molar-refractivity contribution in [3.05, 3.63) is 21.9 Å². The molecule has 2 rings (SSSR count). The van der Waals surface area contributed by atoms with E-state index in [2.05, 4.69) is 0 Å². The molecular weight excluding hydrogens is 282 g/mol. The Morgan fingerprint density at radius 3 is 2.58 bits per heavy atom. The molecule has 6 heteroatoms. The first-order valence-electron chi connectivity index (χ1n) is 6.15. The summed E-state index contributed by atoms with van der Waals surface area (Å²) in [5.41, 5.74) is 0. The van der Waals surface area contributed by atoms with Crippen molar-refractivity contribution in [3.8, 4) is 0 Å². The van der Waals surface area contributed by atoms with E-state index in [4.69, 9.17) is 0 Å². The maximum atomic E-state index is 12.5. The van der Waals surface area contributed by atoms with Crippen LogP contribution in [0.2, 0.25) is 0 Å². The first kappa shape index (κ1) is 14.4. The van der Waals surface area contributed by atoms with Gasteiger partial charge >= 0.3 is 5.97 Å². The van der Waals surface area contributed by atoms with E-state index in [1.807, 2.05) is 26.8 Å². The van der Waals surface area contributed by atoms with Gasteiger partial charge < -0.3 is 10.0 Å². The number of carbonyl (C=O) groups is 2. The molecule has 0 spiro atoms. The maximum absolute atomic E-state index is 12.5. The minimum absolute atomic E-state index is 0.0593. The third kappa shape index (κ3) is 2.79. The lowest BCUT2D eigenvalue weighted by atomic mass is 10.1. The van der Waals surface area contributed by atoms with Gasteiger partial charge in [0.2, 0.25) is 0 Å². The van der Waals surface area contributed by atoms with Gasteiger partial charge in [-0.1, -0.05) is 13.8 Å². The van der Waals surface area contributed by atoms with Crippen LogP contribution in [0.15, 0.2) is 12.1 Å². The Kier molecular flexibility index (Phi) is 4.20. The van der Waals surface area contributed by atoms with E-state index in [1.165, 1.54) is 11.3 Å². The summed E-state index contributed by atoms with van der Waals surface area (Å²) in [4.78, 5) is 27.1. The third-order valence-electron chi connectivity index (χ3n) is 3.08. The predicted octanol–water partition coefficient (Wildman–Crippen LogP) is 2.68. The maximum Gasteiger partial charge on any atom is 0.327 e. The van der Waals surface area contributed by atoms with Gasteiger partial charge in [-0.3, -0.25) is 4.79 Å². The van der Waals surface area contributed by atoms with Crippen LogP contribution in [0.4, 0.5) is 0 Å². The summed E-state index contributed by atoms with van der Waals surface area (Å²) in [7, 11) is 0. The summed E-state index contributed by atoms with van der Waals surface area (Å²) in [5, 5.41) is 9.22. The largest absolute Gasteiger partial charge is 0.480 e. The van der Waals surface area contributed by atoms with Crippen molar-refractivity contribution in [1.82, 2.24) is 4.90 Å². The number of aryl methyl sites for hydroxylation is 1. The number of amides is 1. The van der Waals surface area contributed by atoms with Crippen molar-refractivity contribution in [2.45, 2.75) is 32.2 Å². The lowest BCUT2D eigenvalue weighted by Gasteiger charge is -2.29. The summed E-state index contributed by atoms with van der Waals surface area (Å²) < 4.78 is 0. The second kappa shape index (κ2) is 5.54. The highest BCUT2D eigenvalue weighted by Crippen LogP contribution is 2.36. The normalized spacial score (nSPS) is 23.1. The van der Waals surface area contributed by atoms with E-state index in [0.29, 0.717) is 10.6 Å². The Morgan fingerprint density at radius 1 is 1.42 bits per heavy atom. The number of thioether (sulfide) groups is 1. The highest BCUT2D eigenvalue weighted by Gasteiger charge is 2.43. The second-order valence-electron chi connectivity index (χ2n) is 4.94. The zero-order valence-corrected chi connectivity index (χ0v) is 12.8. The summed E-state index contributed by atoms with van der Waals surface area (Å²) in [5.74, 6) is -0.375. The molecule has 4 nitrogen and oxygen atoms in total. The lowest BCUT2D eigenvalue weighted by molar-refractivity contribution is -0.141. The zero-order valence-electron chi connectivity index (χ0n) is 11.1. The highest BCUT2D eigenvalue weighted by molar-refractivity contribution is 8.00. The van der Waals surface area contributed by atoms with Gasteiger partial charge in [0.25, 0.3) is 5.91 Å². The van der Waals surface area contributed by atoms with Crippen LogP contribution >= 0.6 is 23.1 Å². The molecule has 0 radical (unpaired) electrons. The smallest absolute Gasteiger partial charge is 0.327 e. The molecule has 2 unspecified atom stereocenters. The predicted molar refractivity (Wildman–Crippen MR) is 77.7 cm³/mol. The average molecular weight is 299 g/mol. The molecule has 1 aromatic rings. The number of hydrogen-bond acceptors (Lipinski definition) is 4. The second-order valence-corrected chi connectivity index (χ2v) is 7.38. The number of hydrogen-bond donors (Lipinski definition) is 1. The minimum atomic E-state index is -0.919. The van der Waals surface area contributed by atoms with Crippen LogP contribution < -0.4 is 0 Å². The van der Waals surface area contributed by atoms with E-state index in [-0.39, 0.29) is 17.2 Å². The van der Waals surface area contributed by atoms with Crippen LogP contribution in [0.25, 0.3) is 0 Å². The lowest BCUT2D eigenvalue weighted by Crippen LogP contribution is -2.46. The average Bonchev–Trinajstić information content (AvgIpc) is 2.93. The van der Waals surface area contributed by atoms with Gasteiger partial charge in [0.05, 0.1) is 10.3 Å². The Labute approximate surface area is 120 Å². The van der Waals surface area contributed by atoms with Gasteiger partial charge in [0, 0.05) is 10.6 Å². The number of carboxylic acid groups (broad SMARTS) is 1. The van der Waals surface area contributed by atoms with Gasteiger partial charge in [-0.25, -0.2) is 4.79 Å². The molecule has 0 bridgehead atoms. The van der Waals surface area contributed by atoms with Crippen LogP contribution in [0, 0.1) is 12.8 Å². The number of aliphatic carboxylic acids is 1. The number of nitrogens with zero attached hydrogens (tertiary/aromatic N) is 1. The Morgan fingerprint density at radius 2 is 2.11 bits per heavy atom. The fraction of sp³-hybridized carbons (Fsp3) is 0.538. The van der Waals surface area contributed by atoms with Crippen molar-refractivity contribution in [2.24, 2.45) is 5.92 Å². The van der Waals surface area contributed by atoms with Gasteiger partial charge in [-0.05, 0) is 25.0 Å². The highest BCUT2D eigenvalue weighted by atomic mass is 32.2. The van der Waals surface area contributed by atoms with Crippen LogP contribution in [-0.4, -0.2) is 39.1 Å². The Hall–Kier alpha value is -1.01. The number of rotatable bonds is 3. The molecule has 1 aliphatic heterocycles. The van der Waals surface area contributed by atoms with Crippen molar-refractivity contribution in [1.29, 1.82) is 0 Å². The van der Waals surface area contributed by atoms with E-state index in [0.717, 1.165) is 4.88 Å². The fourth-order valence-corrected chi connectivity index (χ4v) is 4.45. The zero-order chi connectivity index (χ0) is 14.2. The van der Waals surface area contributed by atoms with Gasteiger partial charge in [0.15, 0.2) is 0 Å². The van der Waals surface area contributed by atoms with Crippen LogP contribution in [0.5, 0.6) is 0 Å². The van der Waals surface area contributed by atoms with Gasteiger partial charge in [0.1, 0.15) is 6.04 Å².